The lowest BCUT2D eigenvalue weighted by Crippen LogP contribution is -2.37. The largest absolute Gasteiger partial charge is 0.401 e. The van der Waals surface area contributed by atoms with Gasteiger partial charge in [0.15, 0.2) is 0 Å². The number of aliphatic hydroxyl groups is 1. The summed E-state index contributed by atoms with van der Waals surface area (Å²) in [4.78, 5) is 0. The lowest BCUT2D eigenvalue weighted by molar-refractivity contribution is -0.198. The Morgan fingerprint density at radius 1 is 1.00 bits per heavy atom. The van der Waals surface area contributed by atoms with Crippen LogP contribution in [-0.2, 0) is 0 Å². The van der Waals surface area contributed by atoms with Crippen molar-refractivity contribution in [2.24, 2.45) is 29.1 Å². The van der Waals surface area contributed by atoms with Crippen molar-refractivity contribution in [3.8, 4) is 0 Å². The molecule has 4 rings (SSSR count). The van der Waals surface area contributed by atoms with Crippen molar-refractivity contribution in [2.75, 3.05) is 0 Å². The van der Waals surface area contributed by atoms with Gasteiger partial charge in [-0.2, -0.15) is 13.2 Å². The van der Waals surface area contributed by atoms with E-state index < -0.39 is 23.1 Å². The summed E-state index contributed by atoms with van der Waals surface area (Å²) in [6.07, 6.45) is 4.98. The van der Waals surface area contributed by atoms with Crippen LogP contribution >= 0.6 is 0 Å². The SMILES string of the molecule is OC12C3C=CC1(C(F)(F)F)C2C1CCCCCC[C@H]13. The van der Waals surface area contributed by atoms with Crippen LogP contribution in [0, 0.1) is 29.1 Å². The lowest BCUT2D eigenvalue weighted by Gasteiger charge is -2.32. The molecular formula is C15H19F3O. The van der Waals surface area contributed by atoms with Gasteiger partial charge in [-0.15, -0.1) is 0 Å². The first kappa shape index (κ1) is 12.2. The summed E-state index contributed by atoms with van der Waals surface area (Å²) in [6, 6.07) is 0. The molecule has 0 radical (unpaired) electrons. The molecule has 0 aliphatic heterocycles. The van der Waals surface area contributed by atoms with Crippen LogP contribution in [0.1, 0.15) is 38.5 Å². The Labute approximate surface area is 110 Å². The van der Waals surface area contributed by atoms with Gasteiger partial charge in [0, 0.05) is 11.8 Å². The molecule has 4 aliphatic carbocycles. The maximum atomic E-state index is 13.4. The first-order chi connectivity index (χ1) is 8.94. The topological polar surface area (TPSA) is 20.2 Å². The Kier molecular flexibility index (Phi) is 2.18. The van der Waals surface area contributed by atoms with E-state index in [1.54, 1.807) is 6.08 Å². The van der Waals surface area contributed by atoms with Gasteiger partial charge in [-0.05, 0) is 24.7 Å². The third-order valence-corrected chi connectivity index (χ3v) is 6.35. The van der Waals surface area contributed by atoms with Crippen LogP contribution in [0.2, 0.25) is 0 Å². The van der Waals surface area contributed by atoms with Crippen LogP contribution in [0.25, 0.3) is 0 Å². The highest BCUT2D eigenvalue weighted by atomic mass is 19.4. The first-order valence-electron chi connectivity index (χ1n) is 7.43. The van der Waals surface area contributed by atoms with E-state index in [9.17, 15) is 18.3 Å². The van der Waals surface area contributed by atoms with Gasteiger partial charge in [-0.1, -0.05) is 37.8 Å². The van der Waals surface area contributed by atoms with Gasteiger partial charge in [0.2, 0.25) is 0 Å². The van der Waals surface area contributed by atoms with Crippen molar-refractivity contribution < 1.29 is 18.3 Å². The Balaban J connectivity index is 1.73. The molecule has 5 unspecified atom stereocenters. The minimum absolute atomic E-state index is 0.0759. The maximum absolute atomic E-state index is 13.4. The zero-order valence-electron chi connectivity index (χ0n) is 10.8. The van der Waals surface area contributed by atoms with E-state index in [0.29, 0.717) is 0 Å². The van der Waals surface area contributed by atoms with Gasteiger partial charge in [0.05, 0.1) is 5.60 Å². The van der Waals surface area contributed by atoms with Gasteiger partial charge >= 0.3 is 6.18 Å². The smallest absolute Gasteiger partial charge is 0.388 e. The quantitative estimate of drug-likeness (QED) is 0.667. The van der Waals surface area contributed by atoms with Gasteiger partial charge < -0.3 is 5.11 Å². The molecule has 0 aromatic heterocycles. The van der Waals surface area contributed by atoms with Gasteiger partial charge in [0.1, 0.15) is 5.41 Å². The molecule has 106 valence electrons. The molecule has 0 heterocycles. The van der Waals surface area contributed by atoms with Crippen molar-refractivity contribution in [1.82, 2.24) is 0 Å². The number of halogens is 3. The summed E-state index contributed by atoms with van der Waals surface area (Å²) in [7, 11) is 0. The number of rotatable bonds is 0. The Hall–Kier alpha value is -0.510. The molecule has 0 bridgehead atoms. The highest BCUT2D eigenvalue weighted by Gasteiger charge is 2.94. The summed E-state index contributed by atoms with van der Waals surface area (Å²) in [5.74, 6) is -0.447. The van der Waals surface area contributed by atoms with E-state index in [2.05, 4.69) is 0 Å². The average Bonchev–Trinajstić information content (AvgIpc) is 2.64. The molecule has 0 saturated heterocycles. The molecule has 0 amide bonds. The van der Waals surface area contributed by atoms with Crippen LogP contribution in [0.4, 0.5) is 13.2 Å². The second kappa shape index (κ2) is 3.38. The molecule has 19 heavy (non-hydrogen) atoms. The highest BCUT2D eigenvalue weighted by Crippen LogP contribution is 2.84. The maximum Gasteiger partial charge on any atom is 0.401 e. The highest BCUT2D eigenvalue weighted by molar-refractivity contribution is 5.47. The molecule has 0 aromatic carbocycles. The van der Waals surface area contributed by atoms with Crippen LogP contribution < -0.4 is 0 Å². The fourth-order valence-electron chi connectivity index (χ4n) is 5.69. The molecule has 0 aromatic rings. The van der Waals surface area contributed by atoms with E-state index >= 15 is 0 Å². The summed E-state index contributed by atoms with van der Waals surface area (Å²) in [5, 5.41) is 10.7. The molecule has 3 fully saturated rings. The van der Waals surface area contributed by atoms with Crippen LogP contribution in [0.3, 0.4) is 0 Å². The fraction of sp³-hybridized carbons (Fsp3) is 0.867. The van der Waals surface area contributed by atoms with E-state index in [-0.39, 0.29) is 17.8 Å². The van der Waals surface area contributed by atoms with Crippen molar-refractivity contribution >= 4 is 0 Å². The molecule has 6 atom stereocenters. The van der Waals surface area contributed by atoms with Crippen molar-refractivity contribution in [3.63, 3.8) is 0 Å². The van der Waals surface area contributed by atoms with Crippen molar-refractivity contribution in [1.29, 1.82) is 0 Å². The third kappa shape index (κ3) is 1.15. The normalized spacial score (nSPS) is 55.4. The van der Waals surface area contributed by atoms with Gasteiger partial charge in [-0.3, -0.25) is 0 Å². The Bertz CT molecular complexity index is 443. The molecular weight excluding hydrogens is 253 g/mol. The zero-order valence-corrected chi connectivity index (χ0v) is 10.8. The van der Waals surface area contributed by atoms with E-state index in [1.165, 1.54) is 12.5 Å². The minimum atomic E-state index is -4.30. The Morgan fingerprint density at radius 2 is 1.63 bits per heavy atom. The van der Waals surface area contributed by atoms with Gasteiger partial charge in [-0.25, -0.2) is 0 Å². The Morgan fingerprint density at radius 3 is 2.26 bits per heavy atom. The number of fused-ring (bicyclic) bond motifs is 4. The number of alkyl halides is 3. The van der Waals surface area contributed by atoms with Crippen LogP contribution in [0.15, 0.2) is 12.2 Å². The molecule has 0 spiro atoms. The van der Waals surface area contributed by atoms with E-state index in [4.69, 9.17) is 0 Å². The molecule has 4 heteroatoms. The second-order valence-corrected chi connectivity index (χ2v) is 6.87. The lowest BCUT2D eigenvalue weighted by atomic mass is 9.74. The zero-order chi connectivity index (χ0) is 13.5. The third-order valence-electron chi connectivity index (χ3n) is 6.35. The van der Waals surface area contributed by atoms with E-state index in [1.807, 2.05) is 0 Å². The summed E-state index contributed by atoms with van der Waals surface area (Å²) >= 11 is 0. The second-order valence-electron chi connectivity index (χ2n) is 6.87. The van der Waals surface area contributed by atoms with Crippen LogP contribution in [0.5, 0.6) is 0 Å². The van der Waals surface area contributed by atoms with E-state index in [0.717, 1.165) is 32.1 Å². The molecule has 4 aliphatic rings. The van der Waals surface area contributed by atoms with Crippen molar-refractivity contribution in [2.45, 2.75) is 50.3 Å². The first-order valence-corrected chi connectivity index (χ1v) is 7.43. The monoisotopic (exact) mass is 272 g/mol. The standard InChI is InChI=1S/C15H19F3O/c16-15(17,18)13-8-7-11-9-5-3-1-2-4-6-10(9)12(13)14(11,13)19/h7-12,19H,1-6H2/t9-,10?,11?,12?,13?,14?/m1/s1. The predicted molar refractivity (Wildman–Crippen MR) is 64.2 cm³/mol. The van der Waals surface area contributed by atoms with Crippen molar-refractivity contribution in [3.05, 3.63) is 12.2 Å². The molecule has 3 saturated carbocycles. The number of hydrogen-bond donors (Lipinski definition) is 1. The summed E-state index contributed by atoms with van der Waals surface area (Å²) < 4.78 is 40.3. The van der Waals surface area contributed by atoms with Crippen LogP contribution in [-0.4, -0.2) is 16.9 Å². The average molecular weight is 272 g/mol. The minimum Gasteiger partial charge on any atom is -0.388 e. The summed E-state index contributed by atoms with van der Waals surface area (Å²) in [5.41, 5.74) is -3.39. The summed E-state index contributed by atoms with van der Waals surface area (Å²) in [6.45, 7) is 0. The molecule has 1 nitrogen and oxygen atoms in total. The predicted octanol–water partition coefficient (Wildman–Crippen LogP) is 3.68. The fourth-order valence-corrected chi connectivity index (χ4v) is 5.69. The number of hydrogen-bond acceptors (Lipinski definition) is 1. The molecule has 1 N–H and O–H groups in total. The van der Waals surface area contributed by atoms with Gasteiger partial charge in [0.25, 0.3) is 0 Å².